The van der Waals surface area contributed by atoms with E-state index in [0.717, 1.165) is 12.8 Å². The molecule has 0 amide bonds. The van der Waals surface area contributed by atoms with Crippen molar-refractivity contribution in [2.45, 2.75) is 26.7 Å². The molecular formula is C12H18BFO3. The Hall–Kier alpha value is -1.07. The Morgan fingerprint density at radius 2 is 2.06 bits per heavy atom. The molecule has 0 atom stereocenters. The maximum Gasteiger partial charge on any atom is 0.488 e. The predicted molar refractivity (Wildman–Crippen MR) is 65.8 cm³/mol. The van der Waals surface area contributed by atoms with Crippen molar-refractivity contribution in [2.75, 3.05) is 6.61 Å². The van der Waals surface area contributed by atoms with E-state index >= 15 is 0 Å². The first-order valence-corrected chi connectivity index (χ1v) is 5.79. The lowest BCUT2D eigenvalue weighted by Crippen LogP contribution is -2.29. The van der Waals surface area contributed by atoms with E-state index in [9.17, 15) is 4.39 Å². The molecule has 3 nitrogen and oxygen atoms in total. The molecule has 1 aromatic carbocycles. The molecule has 0 unspecified atom stereocenters. The Balaban J connectivity index is 2.54. The van der Waals surface area contributed by atoms with Gasteiger partial charge in [0.25, 0.3) is 0 Å². The lowest BCUT2D eigenvalue weighted by Gasteiger charge is -2.10. The SMILES string of the molecule is CC(C)CCCOc1cc(B(O)O)ccc1F. The molecule has 0 heterocycles. The van der Waals surface area contributed by atoms with Crippen LogP contribution in [0.1, 0.15) is 26.7 Å². The fraction of sp³-hybridized carbons (Fsp3) is 0.500. The van der Waals surface area contributed by atoms with Crippen molar-refractivity contribution >= 4 is 12.6 Å². The minimum Gasteiger partial charge on any atom is -0.491 e. The van der Waals surface area contributed by atoms with E-state index in [4.69, 9.17) is 14.8 Å². The highest BCUT2D eigenvalue weighted by Crippen LogP contribution is 2.15. The van der Waals surface area contributed by atoms with E-state index in [1.165, 1.54) is 18.2 Å². The van der Waals surface area contributed by atoms with Crippen LogP contribution in [-0.2, 0) is 0 Å². The van der Waals surface area contributed by atoms with Gasteiger partial charge in [0.15, 0.2) is 11.6 Å². The van der Waals surface area contributed by atoms with Crippen LogP contribution in [0.5, 0.6) is 5.75 Å². The molecule has 0 aliphatic rings. The maximum absolute atomic E-state index is 13.3. The topological polar surface area (TPSA) is 49.7 Å². The predicted octanol–water partition coefficient (Wildman–Crippen LogP) is 1.32. The van der Waals surface area contributed by atoms with Gasteiger partial charge in [-0.1, -0.05) is 19.9 Å². The molecule has 0 saturated carbocycles. The molecule has 0 spiro atoms. The van der Waals surface area contributed by atoms with Gasteiger partial charge >= 0.3 is 7.12 Å². The van der Waals surface area contributed by atoms with Crippen LogP contribution in [0.2, 0.25) is 0 Å². The van der Waals surface area contributed by atoms with Gasteiger partial charge in [-0.25, -0.2) is 4.39 Å². The van der Waals surface area contributed by atoms with Gasteiger partial charge in [-0.2, -0.15) is 0 Å². The molecular weight excluding hydrogens is 222 g/mol. The van der Waals surface area contributed by atoms with Crippen molar-refractivity contribution in [3.8, 4) is 5.75 Å². The third-order valence-corrected chi connectivity index (χ3v) is 2.44. The second-order valence-electron chi connectivity index (χ2n) is 4.45. The zero-order valence-corrected chi connectivity index (χ0v) is 10.2. The molecule has 17 heavy (non-hydrogen) atoms. The van der Waals surface area contributed by atoms with Crippen LogP contribution < -0.4 is 10.2 Å². The number of hydrogen-bond acceptors (Lipinski definition) is 3. The van der Waals surface area contributed by atoms with E-state index in [2.05, 4.69) is 13.8 Å². The Kier molecular flexibility index (Phi) is 5.45. The normalized spacial score (nSPS) is 10.7. The molecule has 0 fully saturated rings. The Bertz CT molecular complexity index is 356. The molecule has 0 bridgehead atoms. The van der Waals surface area contributed by atoms with Crippen LogP contribution in [0.3, 0.4) is 0 Å². The van der Waals surface area contributed by atoms with Crippen molar-refractivity contribution in [1.29, 1.82) is 0 Å². The molecule has 1 aromatic rings. The van der Waals surface area contributed by atoms with Gasteiger partial charge in [0.05, 0.1) is 6.61 Å². The average molecular weight is 240 g/mol. The first kappa shape index (κ1) is 14.0. The van der Waals surface area contributed by atoms with Crippen molar-refractivity contribution < 1.29 is 19.2 Å². The second kappa shape index (κ2) is 6.62. The quantitative estimate of drug-likeness (QED) is 0.582. The first-order chi connectivity index (χ1) is 8.00. The molecule has 94 valence electrons. The van der Waals surface area contributed by atoms with Crippen LogP contribution in [-0.4, -0.2) is 23.8 Å². The van der Waals surface area contributed by atoms with Crippen molar-refractivity contribution in [1.82, 2.24) is 0 Å². The molecule has 0 radical (unpaired) electrons. The lowest BCUT2D eigenvalue weighted by atomic mass is 9.80. The molecule has 2 N–H and O–H groups in total. The summed E-state index contributed by atoms with van der Waals surface area (Å²) in [5.41, 5.74) is 0.227. The van der Waals surface area contributed by atoms with Crippen molar-refractivity contribution in [2.24, 2.45) is 5.92 Å². The van der Waals surface area contributed by atoms with Gasteiger partial charge in [0, 0.05) is 0 Å². The monoisotopic (exact) mass is 240 g/mol. The Labute approximate surface area is 101 Å². The van der Waals surface area contributed by atoms with Gasteiger partial charge in [0.1, 0.15) is 0 Å². The van der Waals surface area contributed by atoms with Crippen molar-refractivity contribution in [3.63, 3.8) is 0 Å². The standard InChI is InChI=1S/C12H18BFO3/c1-9(2)4-3-7-17-12-8-10(13(15)16)5-6-11(12)14/h5-6,8-9,15-16H,3-4,7H2,1-2H3. The van der Waals surface area contributed by atoms with E-state index in [-0.39, 0.29) is 11.2 Å². The highest BCUT2D eigenvalue weighted by atomic mass is 19.1. The van der Waals surface area contributed by atoms with Crippen LogP contribution in [0, 0.1) is 11.7 Å². The largest absolute Gasteiger partial charge is 0.491 e. The average Bonchev–Trinajstić information content (AvgIpc) is 2.25. The summed E-state index contributed by atoms with van der Waals surface area (Å²) in [6.07, 6.45) is 1.87. The van der Waals surface area contributed by atoms with E-state index in [1.807, 2.05) is 0 Å². The molecule has 1 rings (SSSR count). The summed E-state index contributed by atoms with van der Waals surface area (Å²) in [6, 6.07) is 3.81. The third kappa shape index (κ3) is 4.75. The highest BCUT2D eigenvalue weighted by molar-refractivity contribution is 6.58. The summed E-state index contributed by atoms with van der Waals surface area (Å²) in [5, 5.41) is 17.9. The number of hydrogen-bond donors (Lipinski definition) is 2. The van der Waals surface area contributed by atoms with Gasteiger partial charge in [-0.05, 0) is 36.4 Å². The van der Waals surface area contributed by atoms with Crippen LogP contribution >= 0.6 is 0 Å². The van der Waals surface area contributed by atoms with Crippen LogP contribution in [0.15, 0.2) is 18.2 Å². The maximum atomic E-state index is 13.3. The minimum absolute atomic E-state index is 0.0688. The van der Waals surface area contributed by atoms with E-state index in [0.29, 0.717) is 12.5 Å². The van der Waals surface area contributed by atoms with E-state index in [1.54, 1.807) is 0 Å². The zero-order chi connectivity index (χ0) is 12.8. The second-order valence-corrected chi connectivity index (χ2v) is 4.45. The minimum atomic E-state index is -1.60. The highest BCUT2D eigenvalue weighted by Gasteiger charge is 2.14. The molecule has 5 heteroatoms. The fourth-order valence-corrected chi connectivity index (χ4v) is 1.46. The number of benzene rings is 1. The summed E-state index contributed by atoms with van der Waals surface area (Å²) < 4.78 is 18.6. The number of halogens is 1. The molecule has 0 aliphatic heterocycles. The molecule has 0 saturated heterocycles. The lowest BCUT2D eigenvalue weighted by molar-refractivity contribution is 0.284. The summed E-state index contributed by atoms with van der Waals surface area (Å²) in [4.78, 5) is 0. The Morgan fingerprint density at radius 1 is 1.35 bits per heavy atom. The smallest absolute Gasteiger partial charge is 0.488 e. The summed E-state index contributed by atoms with van der Waals surface area (Å²) in [7, 11) is -1.60. The van der Waals surface area contributed by atoms with Gasteiger partial charge in [-0.3, -0.25) is 0 Å². The van der Waals surface area contributed by atoms with Crippen LogP contribution in [0.4, 0.5) is 4.39 Å². The molecule has 0 aromatic heterocycles. The summed E-state index contributed by atoms with van der Waals surface area (Å²) in [5.74, 6) is 0.173. The summed E-state index contributed by atoms with van der Waals surface area (Å²) in [6.45, 7) is 4.66. The van der Waals surface area contributed by atoms with Crippen LogP contribution in [0.25, 0.3) is 0 Å². The fourth-order valence-electron chi connectivity index (χ4n) is 1.46. The van der Waals surface area contributed by atoms with Gasteiger partial charge in [-0.15, -0.1) is 0 Å². The third-order valence-electron chi connectivity index (χ3n) is 2.44. The summed E-state index contributed by atoms with van der Waals surface area (Å²) >= 11 is 0. The number of rotatable bonds is 6. The van der Waals surface area contributed by atoms with Gasteiger partial charge < -0.3 is 14.8 Å². The first-order valence-electron chi connectivity index (χ1n) is 5.79. The van der Waals surface area contributed by atoms with Crippen molar-refractivity contribution in [3.05, 3.63) is 24.0 Å². The van der Waals surface area contributed by atoms with Gasteiger partial charge in [0.2, 0.25) is 0 Å². The van der Waals surface area contributed by atoms with E-state index < -0.39 is 12.9 Å². The molecule has 0 aliphatic carbocycles. The Morgan fingerprint density at radius 3 is 2.65 bits per heavy atom. The number of ether oxygens (including phenoxy) is 1. The zero-order valence-electron chi connectivity index (χ0n) is 10.2.